The molecule has 2 aromatic rings. The summed E-state index contributed by atoms with van der Waals surface area (Å²) in [5.41, 5.74) is 1.50. The van der Waals surface area contributed by atoms with Crippen molar-refractivity contribution in [1.82, 2.24) is 15.1 Å². The van der Waals surface area contributed by atoms with Crippen LogP contribution >= 0.6 is 0 Å². The highest BCUT2D eigenvalue weighted by molar-refractivity contribution is 5.95. The Kier molecular flexibility index (Phi) is 8.51. The Bertz CT molecular complexity index is 995. The lowest BCUT2D eigenvalue weighted by Crippen LogP contribution is -2.60. The number of nitrogens with zero attached hydrogens (tertiary/aromatic N) is 2. The van der Waals surface area contributed by atoms with Crippen LogP contribution in [0.25, 0.3) is 0 Å². The Morgan fingerprint density at radius 3 is 2.35 bits per heavy atom. The van der Waals surface area contributed by atoms with E-state index in [0.717, 1.165) is 5.56 Å². The minimum atomic E-state index is -0.687. The highest BCUT2D eigenvalue weighted by Crippen LogP contribution is 2.23. The molecule has 1 heterocycles. The van der Waals surface area contributed by atoms with Gasteiger partial charge >= 0.3 is 6.03 Å². The summed E-state index contributed by atoms with van der Waals surface area (Å²) in [6, 6.07) is 15.5. The van der Waals surface area contributed by atoms with Crippen molar-refractivity contribution in [2.24, 2.45) is 5.92 Å². The number of para-hydroxylation sites is 2. The summed E-state index contributed by atoms with van der Waals surface area (Å²) in [4.78, 5) is 42.4. The molecule has 34 heavy (non-hydrogen) atoms. The summed E-state index contributed by atoms with van der Waals surface area (Å²) < 4.78 is 5.27. The molecule has 182 valence electrons. The summed E-state index contributed by atoms with van der Waals surface area (Å²) in [6.07, 6.45) is 0.346. The van der Waals surface area contributed by atoms with Gasteiger partial charge in [0.25, 0.3) is 0 Å². The van der Waals surface area contributed by atoms with Gasteiger partial charge in [0.2, 0.25) is 11.8 Å². The van der Waals surface area contributed by atoms with Crippen LogP contribution in [0.3, 0.4) is 0 Å². The number of carbonyl (C=O) groups is 3. The number of urea groups is 1. The molecule has 1 saturated heterocycles. The van der Waals surface area contributed by atoms with Crippen molar-refractivity contribution >= 4 is 23.5 Å². The van der Waals surface area contributed by atoms with Crippen molar-refractivity contribution in [3.63, 3.8) is 0 Å². The number of nitrogens with one attached hydrogen (secondary N) is 2. The minimum Gasteiger partial charge on any atom is -0.495 e. The van der Waals surface area contributed by atoms with E-state index >= 15 is 0 Å². The van der Waals surface area contributed by atoms with E-state index in [9.17, 15) is 14.4 Å². The van der Waals surface area contributed by atoms with Crippen LogP contribution in [0.15, 0.2) is 54.6 Å². The highest BCUT2D eigenvalue weighted by atomic mass is 16.5. The molecule has 0 aliphatic carbocycles. The van der Waals surface area contributed by atoms with Gasteiger partial charge in [-0.15, -0.1) is 0 Å². The lowest BCUT2D eigenvalue weighted by atomic mass is 10.0. The van der Waals surface area contributed by atoms with Crippen molar-refractivity contribution in [3.05, 3.63) is 60.2 Å². The molecule has 0 saturated carbocycles. The first kappa shape index (κ1) is 25.1. The third-order valence-corrected chi connectivity index (χ3v) is 6.03. The molecule has 2 N–H and O–H groups in total. The number of benzene rings is 2. The second-order valence-corrected chi connectivity index (χ2v) is 8.90. The van der Waals surface area contributed by atoms with Gasteiger partial charge in [0.1, 0.15) is 11.8 Å². The predicted molar refractivity (Wildman–Crippen MR) is 132 cm³/mol. The van der Waals surface area contributed by atoms with Crippen molar-refractivity contribution in [1.29, 1.82) is 0 Å². The van der Waals surface area contributed by atoms with Gasteiger partial charge in [-0.2, -0.15) is 0 Å². The molecule has 8 heteroatoms. The van der Waals surface area contributed by atoms with Crippen LogP contribution in [-0.2, 0) is 16.0 Å². The number of ether oxygens (including phenoxy) is 1. The van der Waals surface area contributed by atoms with Crippen LogP contribution in [0, 0.1) is 5.92 Å². The van der Waals surface area contributed by atoms with E-state index in [1.165, 1.54) is 7.11 Å². The normalized spacial score (nSPS) is 16.7. The monoisotopic (exact) mass is 466 g/mol. The number of hydrogen-bond donors (Lipinski definition) is 2. The van der Waals surface area contributed by atoms with Crippen LogP contribution in [0.5, 0.6) is 5.75 Å². The summed E-state index contributed by atoms with van der Waals surface area (Å²) in [6.45, 7) is 7.08. The first-order chi connectivity index (χ1) is 16.3. The minimum absolute atomic E-state index is 0.0560. The first-order valence-corrected chi connectivity index (χ1v) is 11.6. The molecular formula is C26H34N4O4. The lowest BCUT2D eigenvalue weighted by molar-refractivity contribution is -0.143. The van der Waals surface area contributed by atoms with E-state index in [1.807, 2.05) is 62.1 Å². The Balaban J connectivity index is 1.59. The summed E-state index contributed by atoms with van der Waals surface area (Å²) >= 11 is 0. The fourth-order valence-electron chi connectivity index (χ4n) is 4.16. The van der Waals surface area contributed by atoms with E-state index in [-0.39, 0.29) is 23.8 Å². The number of hydrogen-bond acceptors (Lipinski definition) is 4. The molecule has 0 bridgehead atoms. The second kappa shape index (κ2) is 11.5. The van der Waals surface area contributed by atoms with Gasteiger partial charge in [-0.3, -0.25) is 9.59 Å². The van der Waals surface area contributed by atoms with Gasteiger partial charge in [0.05, 0.1) is 19.2 Å². The first-order valence-electron chi connectivity index (χ1n) is 11.6. The van der Waals surface area contributed by atoms with Gasteiger partial charge < -0.3 is 25.2 Å². The molecule has 3 rings (SSSR count). The Morgan fingerprint density at radius 1 is 1.03 bits per heavy atom. The fourth-order valence-corrected chi connectivity index (χ4v) is 4.16. The van der Waals surface area contributed by atoms with E-state index in [0.29, 0.717) is 37.5 Å². The summed E-state index contributed by atoms with van der Waals surface area (Å²) in [5.74, 6) is 0.340. The van der Waals surface area contributed by atoms with Crippen molar-refractivity contribution in [2.45, 2.75) is 39.3 Å². The number of anilines is 1. The van der Waals surface area contributed by atoms with E-state index in [1.54, 1.807) is 23.1 Å². The molecule has 1 fully saturated rings. The van der Waals surface area contributed by atoms with Crippen molar-refractivity contribution in [3.8, 4) is 5.75 Å². The van der Waals surface area contributed by atoms with E-state index in [2.05, 4.69) is 10.6 Å². The molecule has 0 radical (unpaired) electrons. The molecule has 1 aliphatic rings. The van der Waals surface area contributed by atoms with E-state index < -0.39 is 12.1 Å². The zero-order valence-electron chi connectivity index (χ0n) is 20.3. The van der Waals surface area contributed by atoms with Gasteiger partial charge in [0.15, 0.2) is 0 Å². The highest BCUT2D eigenvalue weighted by Gasteiger charge is 2.34. The van der Waals surface area contributed by atoms with Crippen LogP contribution < -0.4 is 15.4 Å². The third-order valence-electron chi connectivity index (χ3n) is 6.03. The molecule has 1 aliphatic heterocycles. The fraction of sp³-hybridized carbons (Fsp3) is 0.423. The topological polar surface area (TPSA) is 91.0 Å². The van der Waals surface area contributed by atoms with Crippen molar-refractivity contribution in [2.75, 3.05) is 32.1 Å². The lowest BCUT2D eigenvalue weighted by Gasteiger charge is -2.41. The summed E-state index contributed by atoms with van der Waals surface area (Å²) in [7, 11) is 1.53. The number of amides is 4. The summed E-state index contributed by atoms with van der Waals surface area (Å²) in [5, 5.41) is 5.58. The molecule has 0 aromatic heterocycles. The molecule has 8 nitrogen and oxygen atoms in total. The Labute approximate surface area is 201 Å². The smallest absolute Gasteiger partial charge is 0.320 e. The van der Waals surface area contributed by atoms with E-state index in [4.69, 9.17) is 4.74 Å². The molecule has 0 spiro atoms. The third kappa shape index (κ3) is 6.27. The zero-order chi connectivity index (χ0) is 24.7. The number of piperazine rings is 1. The molecule has 2 atom stereocenters. The Hall–Kier alpha value is -3.55. The van der Waals surface area contributed by atoms with Crippen LogP contribution in [-0.4, -0.2) is 66.5 Å². The average Bonchev–Trinajstić information content (AvgIpc) is 2.82. The number of carbonyl (C=O) groups excluding carboxylic acids is 3. The Morgan fingerprint density at radius 2 is 1.71 bits per heavy atom. The zero-order valence-corrected chi connectivity index (χ0v) is 20.3. The SMILES string of the molecule is COc1ccccc1NC(=O)NC(C(=O)N1CCN(C(=O)Cc2ccccc2)C(C)C1)C(C)C. The maximum atomic E-state index is 13.3. The maximum Gasteiger partial charge on any atom is 0.320 e. The maximum absolute atomic E-state index is 13.3. The van der Waals surface area contributed by atoms with Crippen LogP contribution in [0.2, 0.25) is 0 Å². The van der Waals surface area contributed by atoms with Gasteiger partial charge in [0, 0.05) is 25.7 Å². The largest absolute Gasteiger partial charge is 0.495 e. The van der Waals surface area contributed by atoms with Gasteiger partial charge in [-0.25, -0.2) is 4.79 Å². The van der Waals surface area contributed by atoms with Gasteiger partial charge in [-0.05, 0) is 30.5 Å². The second-order valence-electron chi connectivity index (χ2n) is 8.90. The van der Waals surface area contributed by atoms with Crippen molar-refractivity contribution < 1.29 is 19.1 Å². The molecule has 2 unspecified atom stereocenters. The number of rotatable bonds is 7. The number of methoxy groups -OCH3 is 1. The standard InChI is InChI=1S/C26H34N4O4/c1-18(2)24(28-26(33)27-21-12-8-9-13-22(21)34-4)25(32)29-14-15-30(19(3)17-29)23(31)16-20-10-6-5-7-11-20/h5-13,18-19,24H,14-17H2,1-4H3,(H2,27,28,33). The quantitative estimate of drug-likeness (QED) is 0.656. The molecule has 2 aromatic carbocycles. The van der Waals surface area contributed by atoms with Crippen LogP contribution in [0.1, 0.15) is 26.3 Å². The molecular weight excluding hydrogens is 432 g/mol. The van der Waals surface area contributed by atoms with Gasteiger partial charge in [-0.1, -0.05) is 56.3 Å². The average molecular weight is 467 g/mol. The predicted octanol–water partition coefficient (Wildman–Crippen LogP) is 3.14. The molecule has 4 amide bonds. The van der Waals surface area contributed by atoms with Crippen LogP contribution in [0.4, 0.5) is 10.5 Å².